The number of carbonyl (C=O) groups is 2. The lowest BCUT2D eigenvalue weighted by molar-refractivity contribution is -0.134. The minimum Gasteiger partial charge on any atom is -0.356 e. The molecule has 278 valence electrons. The number of para-hydroxylation sites is 2. The second kappa shape index (κ2) is 14.3. The van der Waals surface area contributed by atoms with Crippen molar-refractivity contribution in [1.82, 2.24) is 29.8 Å². The molecule has 7 heterocycles. The average Bonchev–Trinajstić information content (AvgIpc) is 3.92. The molecule has 3 atom stereocenters. The number of hydrogen-bond donors (Lipinski definition) is 2. The van der Waals surface area contributed by atoms with Gasteiger partial charge in [-0.05, 0) is 86.3 Å². The molecule has 4 aliphatic heterocycles. The van der Waals surface area contributed by atoms with Crippen LogP contribution in [0.15, 0.2) is 85.1 Å². The highest BCUT2D eigenvalue weighted by atomic mass is 19.1. The predicted octanol–water partition coefficient (Wildman–Crippen LogP) is 4.19. The maximum absolute atomic E-state index is 14.1. The van der Waals surface area contributed by atoms with Gasteiger partial charge in [0.2, 0.25) is 18.2 Å². The van der Waals surface area contributed by atoms with Crippen molar-refractivity contribution in [3.05, 3.63) is 96.4 Å². The number of rotatable bonds is 9. The Morgan fingerprint density at radius 3 is 2.50 bits per heavy atom. The Morgan fingerprint density at radius 2 is 1.67 bits per heavy atom. The van der Waals surface area contributed by atoms with Crippen LogP contribution in [0.1, 0.15) is 43.7 Å². The zero-order valence-electron chi connectivity index (χ0n) is 30.0. The number of anilines is 4. The lowest BCUT2D eigenvalue weighted by Gasteiger charge is -2.37. The minimum absolute atomic E-state index is 0.0663. The zero-order chi connectivity index (χ0) is 36.8. The third kappa shape index (κ3) is 6.38. The highest BCUT2D eigenvalue weighted by molar-refractivity contribution is 6.02. The van der Waals surface area contributed by atoms with Crippen LogP contribution in [0.5, 0.6) is 0 Å². The van der Waals surface area contributed by atoms with E-state index in [1.807, 2.05) is 70.2 Å². The number of piperazine rings is 1. The number of halogens is 1. The fraction of sp³-hybridized carbons (Fsp3) is 0.375. The molecule has 2 unspecified atom stereocenters. The van der Waals surface area contributed by atoms with Gasteiger partial charge in [-0.3, -0.25) is 19.8 Å². The van der Waals surface area contributed by atoms with Crippen LogP contribution in [0.4, 0.5) is 27.4 Å². The number of benzene rings is 2. The summed E-state index contributed by atoms with van der Waals surface area (Å²) < 4.78 is 16.0. The lowest BCUT2D eigenvalue weighted by Crippen LogP contribution is -2.57. The molecule has 0 radical (unpaired) electrons. The summed E-state index contributed by atoms with van der Waals surface area (Å²) in [7, 11) is 0. The van der Waals surface area contributed by atoms with Crippen molar-refractivity contribution in [2.24, 2.45) is 0 Å². The van der Waals surface area contributed by atoms with Crippen molar-refractivity contribution in [3.63, 3.8) is 0 Å². The van der Waals surface area contributed by atoms with Crippen LogP contribution < -0.4 is 24.9 Å². The first kappa shape index (κ1) is 34.2. The van der Waals surface area contributed by atoms with Gasteiger partial charge in [0.05, 0.1) is 29.3 Å². The summed E-state index contributed by atoms with van der Waals surface area (Å²) >= 11 is 0. The van der Waals surface area contributed by atoms with Crippen LogP contribution in [0, 0.1) is 5.82 Å². The summed E-state index contributed by atoms with van der Waals surface area (Å²) in [6.45, 7) is 5.79. The summed E-state index contributed by atoms with van der Waals surface area (Å²) in [5, 5.41) is 18.9. The summed E-state index contributed by atoms with van der Waals surface area (Å²) in [5.74, 6) is 0.884. The normalized spacial score (nSPS) is 22.0. The molecule has 5 aromatic rings. The molecule has 13 nitrogen and oxygen atoms in total. The van der Waals surface area contributed by atoms with E-state index < -0.39 is 12.4 Å². The molecule has 2 N–H and O–H groups in total. The van der Waals surface area contributed by atoms with E-state index in [9.17, 15) is 19.1 Å². The Balaban J connectivity index is 0.833. The smallest absolute Gasteiger partial charge is 0.249 e. The number of piperidine rings is 1. The second-order valence-electron chi connectivity index (χ2n) is 14.5. The van der Waals surface area contributed by atoms with E-state index in [1.165, 1.54) is 6.07 Å². The standard InChI is InChI=1S/C40H43FN10O3/c41-28-8-3-7-27(25-28)30-12-5-19-48(30)37-16-15-35-42-26-34(51(35)45-37)29-9-4-13-36(43-29)47-23-21-46(22-24-47)18-6-20-49-31-10-1-2-11-32(31)50(40(49)54)33-14-17-38(52)44-39(33)53/h1-4,7-11,13,15-16,25-26,30,33,40,54H,5-6,12,14,17-24H2,(H,44,52,53)/t30-,33?,40?/m1/s1. The monoisotopic (exact) mass is 730 g/mol. The van der Waals surface area contributed by atoms with Crippen LogP contribution in [-0.2, 0) is 9.59 Å². The van der Waals surface area contributed by atoms with Gasteiger partial charge in [0, 0.05) is 45.7 Å². The SMILES string of the molecule is O=C1CCC(N2c3ccccc3N(CCCN3CCN(c4cccc(-c5cnc6ccc(N7CCC[C@@H]7c7cccc(F)c7)nn56)n4)CC3)C2O)C(=O)N1. The van der Waals surface area contributed by atoms with E-state index in [1.54, 1.807) is 17.0 Å². The first-order chi connectivity index (χ1) is 26.4. The van der Waals surface area contributed by atoms with E-state index in [0.717, 1.165) is 104 Å². The van der Waals surface area contributed by atoms with Gasteiger partial charge in [-0.1, -0.05) is 30.3 Å². The van der Waals surface area contributed by atoms with Crippen molar-refractivity contribution in [3.8, 4) is 11.4 Å². The average molecular weight is 731 g/mol. The number of carbonyl (C=O) groups excluding carboxylic acids is 2. The molecule has 0 spiro atoms. The van der Waals surface area contributed by atoms with Crippen molar-refractivity contribution < 1.29 is 19.1 Å². The van der Waals surface area contributed by atoms with Crippen LogP contribution in [0.3, 0.4) is 0 Å². The van der Waals surface area contributed by atoms with Crippen LogP contribution in [0.2, 0.25) is 0 Å². The van der Waals surface area contributed by atoms with Crippen LogP contribution in [-0.4, -0.2) is 99.6 Å². The number of aromatic nitrogens is 4. The number of hydrogen-bond acceptors (Lipinski definition) is 11. The van der Waals surface area contributed by atoms with E-state index in [2.05, 4.69) is 31.1 Å². The molecule has 9 rings (SSSR count). The fourth-order valence-electron chi connectivity index (χ4n) is 8.54. The third-order valence-corrected chi connectivity index (χ3v) is 11.2. The molecule has 0 saturated carbocycles. The number of aliphatic hydroxyl groups excluding tert-OH is 1. The predicted molar refractivity (Wildman–Crippen MR) is 204 cm³/mol. The number of pyridine rings is 1. The maximum atomic E-state index is 14.1. The van der Waals surface area contributed by atoms with Gasteiger partial charge in [0.25, 0.3) is 0 Å². The number of amides is 2. The van der Waals surface area contributed by atoms with Crippen LogP contribution >= 0.6 is 0 Å². The van der Waals surface area contributed by atoms with E-state index >= 15 is 0 Å². The van der Waals surface area contributed by atoms with Gasteiger partial charge in [-0.2, -0.15) is 0 Å². The quantitative estimate of drug-likeness (QED) is 0.212. The van der Waals surface area contributed by atoms with Crippen molar-refractivity contribution in [2.75, 3.05) is 65.4 Å². The van der Waals surface area contributed by atoms with Gasteiger partial charge in [0.1, 0.15) is 29.2 Å². The highest BCUT2D eigenvalue weighted by Gasteiger charge is 2.43. The van der Waals surface area contributed by atoms with Gasteiger partial charge in [0.15, 0.2) is 5.65 Å². The molecule has 4 aliphatic rings. The fourth-order valence-corrected chi connectivity index (χ4v) is 8.54. The van der Waals surface area contributed by atoms with Gasteiger partial charge in [-0.15, -0.1) is 5.10 Å². The number of nitrogens with zero attached hydrogens (tertiary/aromatic N) is 9. The highest BCUT2D eigenvalue weighted by Crippen LogP contribution is 2.41. The number of imide groups is 1. The van der Waals surface area contributed by atoms with Crippen molar-refractivity contribution in [1.29, 1.82) is 0 Å². The van der Waals surface area contributed by atoms with Crippen molar-refractivity contribution >= 4 is 40.5 Å². The first-order valence-corrected chi connectivity index (χ1v) is 18.9. The molecule has 0 bridgehead atoms. The molecule has 0 aliphatic carbocycles. The molecular formula is C40H43FN10O3. The Bertz CT molecular complexity index is 2190. The Morgan fingerprint density at radius 1 is 0.833 bits per heavy atom. The third-order valence-electron chi connectivity index (χ3n) is 11.2. The summed E-state index contributed by atoms with van der Waals surface area (Å²) in [6, 6.07) is 24.1. The van der Waals surface area contributed by atoms with E-state index in [4.69, 9.17) is 10.1 Å². The summed E-state index contributed by atoms with van der Waals surface area (Å²) in [4.78, 5) is 44.9. The van der Waals surface area contributed by atoms with Crippen molar-refractivity contribution in [2.45, 2.75) is 50.5 Å². The molecule has 2 aromatic carbocycles. The Kier molecular flexibility index (Phi) is 9.07. The molecule has 3 saturated heterocycles. The maximum Gasteiger partial charge on any atom is 0.249 e. The molecule has 3 fully saturated rings. The number of imidazole rings is 1. The minimum atomic E-state index is -0.978. The Labute approximate surface area is 312 Å². The first-order valence-electron chi connectivity index (χ1n) is 18.9. The summed E-state index contributed by atoms with van der Waals surface area (Å²) in [6.07, 6.45) is 4.27. The molecule has 3 aromatic heterocycles. The topological polar surface area (TPSA) is 126 Å². The van der Waals surface area contributed by atoms with Gasteiger partial charge in [-0.25, -0.2) is 18.9 Å². The number of fused-ring (bicyclic) bond motifs is 2. The largest absolute Gasteiger partial charge is 0.356 e. The van der Waals surface area contributed by atoms with E-state index in [-0.39, 0.29) is 30.1 Å². The Hall–Kier alpha value is -5.60. The van der Waals surface area contributed by atoms with Crippen LogP contribution in [0.25, 0.3) is 17.0 Å². The number of nitrogens with one attached hydrogen (secondary N) is 1. The van der Waals surface area contributed by atoms with Gasteiger partial charge >= 0.3 is 0 Å². The molecule has 2 amide bonds. The second-order valence-corrected chi connectivity index (χ2v) is 14.5. The lowest BCUT2D eigenvalue weighted by atomic mass is 10.0. The van der Waals surface area contributed by atoms with E-state index in [0.29, 0.717) is 13.0 Å². The van der Waals surface area contributed by atoms with Gasteiger partial charge < -0.3 is 24.7 Å². The molecule has 14 heteroatoms. The number of aliphatic hydroxyl groups is 1. The molecular weight excluding hydrogens is 688 g/mol. The zero-order valence-corrected chi connectivity index (χ0v) is 30.0. The molecule has 54 heavy (non-hydrogen) atoms. The summed E-state index contributed by atoms with van der Waals surface area (Å²) in [5.41, 5.74) is 5.02.